The molecular weight excluding hydrogens is 320 g/mol. The number of ether oxygens (including phenoxy) is 1. The Labute approximate surface area is 144 Å². The Morgan fingerprint density at radius 1 is 1.36 bits per heavy atom. The average Bonchev–Trinajstić information content (AvgIpc) is 3.23. The molecule has 0 saturated heterocycles. The second kappa shape index (κ2) is 6.08. The number of hydrogen-bond donors (Lipinski definition) is 0. The molecule has 128 valence electrons. The van der Waals surface area contributed by atoms with Crippen LogP contribution in [-0.4, -0.2) is 33.5 Å². The van der Waals surface area contributed by atoms with Gasteiger partial charge in [-0.1, -0.05) is 17.3 Å². The summed E-state index contributed by atoms with van der Waals surface area (Å²) in [7, 11) is 0. The van der Waals surface area contributed by atoms with Gasteiger partial charge in [-0.15, -0.1) is 0 Å². The molecule has 0 spiro atoms. The number of aryl methyl sites for hydroxylation is 1. The number of rotatable bonds is 3. The molecule has 3 heterocycles. The van der Waals surface area contributed by atoms with Gasteiger partial charge < -0.3 is 9.26 Å². The van der Waals surface area contributed by atoms with Crippen molar-refractivity contribution in [1.29, 1.82) is 0 Å². The summed E-state index contributed by atoms with van der Waals surface area (Å²) in [6.45, 7) is 4.81. The highest BCUT2D eigenvalue weighted by Gasteiger charge is 2.29. The summed E-state index contributed by atoms with van der Waals surface area (Å²) in [6.07, 6.45) is 3.59. The number of amides is 1. The first kappa shape index (κ1) is 15.4. The summed E-state index contributed by atoms with van der Waals surface area (Å²) in [5, 5.41) is 8.16. The lowest BCUT2D eigenvalue weighted by Gasteiger charge is -2.32. The van der Waals surface area contributed by atoms with E-state index in [2.05, 4.69) is 10.3 Å². The molecule has 1 amide bonds. The van der Waals surface area contributed by atoms with Crippen LogP contribution in [-0.2, 0) is 6.54 Å². The van der Waals surface area contributed by atoms with Crippen LogP contribution in [0.1, 0.15) is 28.7 Å². The van der Waals surface area contributed by atoms with Gasteiger partial charge in [-0.2, -0.15) is 5.10 Å². The summed E-state index contributed by atoms with van der Waals surface area (Å²) in [4.78, 5) is 14.6. The maximum absolute atomic E-state index is 12.9. The first-order chi connectivity index (χ1) is 12.1. The van der Waals surface area contributed by atoms with Gasteiger partial charge >= 0.3 is 0 Å². The summed E-state index contributed by atoms with van der Waals surface area (Å²) in [5.74, 6) is 1.08. The number of fused-ring (bicyclic) bond motifs is 1. The standard InChI is InChI=1S/C18H18N4O3/c1-12-8-19-21(9-12)11-14-7-15(20-25-14)18(23)22-10-13(2)24-17-6-4-3-5-16(17)22/h3-9,13H,10-11H2,1-2H3/t13-/m1/s1. The van der Waals surface area contributed by atoms with Crippen molar-refractivity contribution in [3.8, 4) is 5.75 Å². The number of nitrogens with zero attached hydrogens (tertiary/aromatic N) is 4. The minimum atomic E-state index is -0.200. The van der Waals surface area contributed by atoms with E-state index in [0.29, 0.717) is 24.6 Å². The fraction of sp³-hybridized carbons (Fsp3) is 0.278. The maximum Gasteiger partial charge on any atom is 0.280 e. The van der Waals surface area contributed by atoms with Crippen LogP contribution in [0, 0.1) is 6.92 Å². The van der Waals surface area contributed by atoms with Gasteiger partial charge in [-0.05, 0) is 31.5 Å². The average molecular weight is 338 g/mol. The van der Waals surface area contributed by atoms with E-state index >= 15 is 0 Å². The normalized spacial score (nSPS) is 16.4. The Morgan fingerprint density at radius 2 is 2.20 bits per heavy atom. The molecule has 4 rings (SSSR count). The number of anilines is 1. The zero-order valence-corrected chi connectivity index (χ0v) is 14.0. The molecule has 0 bridgehead atoms. The lowest BCUT2D eigenvalue weighted by atomic mass is 10.2. The van der Waals surface area contributed by atoms with E-state index in [0.717, 1.165) is 11.3 Å². The minimum absolute atomic E-state index is 0.0859. The predicted molar refractivity (Wildman–Crippen MR) is 90.8 cm³/mol. The summed E-state index contributed by atoms with van der Waals surface area (Å²) in [6, 6.07) is 9.17. The van der Waals surface area contributed by atoms with Crippen LogP contribution in [0.25, 0.3) is 0 Å². The van der Waals surface area contributed by atoms with Crippen molar-refractivity contribution >= 4 is 11.6 Å². The second-order valence-corrected chi connectivity index (χ2v) is 6.21. The molecule has 25 heavy (non-hydrogen) atoms. The molecule has 1 atom stereocenters. The molecule has 0 N–H and O–H groups in total. The van der Waals surface area contributed by atoms with E-state index < -0.39 is 0 Å². The van der Waals surface area contributed by atoms with Gasteiger partial charge in [-0.3, -0.25) is 14.4 Å². The van der Waals surface area contributed by atoms with Crippen LogP contribution in [0.4, 0.5) is 5.69 Å². The molecule has 0 unspecified atom stereocenters. The van der Waals surface area contributed by atoms with Crippen LogP contribution < -0.4 is 9.64 Å². The molecule has 0 aliphatic carbocycles. The first-order valence-electron chi connectivity index (χ1n) is 8.12. The van der Waals surface area contributed by atoms with Crippen LogP contribution >= 0.6 is 0 Å². The van der Waals surface area contributed by atoms with Crippen LogP contribution in [0.5, 0.6) is 5.75 Å². The Bertz CT molecular complexity index is 914. The zero-order valence-electron chi connectivity index (χ0n) is 14.0. The lowest BCUT2D eigenvalue weighted by molar-refractivity contribution is 0.0952. The SMILES string of the molecule is Cc1cnn(Cc2cc(C(=O)N3C[C@@H](C)Oc4ccccc43)no2)c1. The smallest absolute Gasteiger partial charge is 0.280 e. The Balaban J connectivity index is 1.57. The van der Waals surface area contributed by atoms with Crippen molar-refractivity contribution in [1.82, 2.24) is 14.9 Å². The van der Waals surface area contributed by atoms with Gasteiger partial charge in [0.15, 0.2) is 11.5 Å². The number of aromatic nitrogens is 3. The van der Waals surface area contributed by atoms with Crippen LogP contribution in [0.3, 0.4) is 0 Å². The van der Waals surface area contributed by atoms with Crippen molar-refractivity contribution in [2.45, 2.75) is 26.5 Å². The van der Waals surface area contributed by atoms with Crippen molar-refractivity contribution < 1.29 is 14.1 Å². The van der Waals surface area contributed by atoms with E-state index in [-0.39, 0.29) is 17.7 Å². The van der Waals surface area contributed by atoms with Gasteiger partial charge in [0.1, 0.15) is 18.4 Å². The molecule has 0 fully saturated rings. The highest BCUT2D eigenvalue weighted by atomic mass is 16.5. The summed E-state index contributed by atoms with van der Waals surface area (Å²) in [5.41, 5.74) is 2.09. The number of carbonyl (C=O) groups is 1. The zero-order chi connectivity index (χ0) is 17.4. The number of carbonyl (C=O) groups excluding carboxylic acids is 1. The fourth-order valence-electron chi connectivity index (χ4n) is 2.92. The summed E-state index contributed by atoms with van der Waals surface area (Å²) >= 11 is 0. The minimum Gasteiger partial charge on any atom is -0.487 e. The molecule has 1 aliphatic rings. The third kappa shape index (κ3) is 3.00. The number of hydrogen-bond acceptors (Lipinski definition) is 5. The second-order valence-electron chi connectivity index (χ2n) is 6.21. The van der Waals surface area contributed by atoms with Gasteiger partial charge in [0.25, 0.3) is 5.91 Å². The lowest BCUT2D eigenvalue weighted by Crippen LogP contribution is -2.42. The Morgan fingerprint density at radius 3 is 3.00 bits per heavy atom. The van der Waals surface area contributed by atoms with Crippen molar-refractivity contribution in [2.24, 2.45) is 0 Å². The molecule has 0 radical (unpaired) electrons. The largest absolute Gasteiger partial charge is 0.487 e. The highest BCUT2D eigenvalue weighted by Crippen LogP contribution is 2.33. The topological polar surface area (TPSA) is 73.4 Å². The van der Waals surface area contributed by atoms with E-state index in [1.54, 1.807) is 21.8 Å². The first-order valence-corrected chi connectivity index (χ1v) is 8.12. The molecule has 7 heteroatoms. The quantitative estimate of drug-likeness (QED) is 0.734. The van der Waals surface area contributed by atoms with Gasteiger partial charge in [-0.25, -0.2) is 0 Å². The van der Waals surface area contributed by atoms with E-state index in [1.807, 2.05) is 44.3 Å². The molecule has 3 aromatic rings. The van der Waals surface area contributed by atoms with Gasteiger partial charge in [0.2, 0.25) is 0 Å². The Hall–Kier alpha value is -3.09. The molecule has 7 nitrogen and oxygen atoms in total. The number of benzene rings is 1. The maximum atomic E-state index is 12.9. The van der Waals surface area contributed by atoms with E-state index in [1.165, 1.54) is 0 Å². The van der Waals surface area contributed by atoms with Crippen LogP contribution in [0.15, 0.2) is 47.2 Å². The third-order valence-electron chi connectivity index (χ3n) is 4.03. The molecular formula is C18H18N4O3. The highest BCUT2D eigenvalue weighted by molar-refractivity contribution is 6.05. The Kier molecular flexibility index (Phi) is 3.76. The molecule has 2 aromatic heterocycles. The van der Waals surface area contributed by atoms with E-state index in [9.17, 15) is 4.79 Å². The van der Waals surface area contributed by atoms with Gasteiger partial charge in [0, 0.05) is 12.3 Å². The molecule has 1 aliphatic heterocycles. The summed E-state index contributed by atoms with van der Waals surface area (Å²) < 4.78 is 12.8. The van der Waals surface area contributed by atoms with E-state index in [4.69, 9.17) is 9.26 Å². The monoisotopic (exact) mass is 338 g/mol. The van der Waals surface area contributed by atoms with Crippen molar-refractivity contribution in [3.05, 3.63) is 59.7 Å². The molecule has 0 saturated carbocycles. The van der Waals surface area contributed by atoms with Crippen LogP contribution in [0.2, 0.25) is 0 Å². The van der Waals surface area contributed by atoms with Crippen molar-refractivity contribution in [3.63, 3.8) is 0 Å². The fourth-order valence-corrected chi connectivity index (χ4v) is 2.92. The van der Waals surface area contributed by atoms with Gasteiger partial charge in [0.05, 0.1) is 18.4 Å². The molecule has 1 aromatic carbocycles. The predicted octanol–water partition coefficient (Wildman–Crippen LogP) is 2.66. The van der Waals surface area contributed by atoms with Crippen molar-refractivity contribution in [2.75, 3.05) is 11.4 Å². The number of para-hydroxylation sites is 2. The third-order valence-corrected chi connectivity index (χ3v) is 4.03.